The Labute approximate surface area is 132 Å². The molecule has 0 radical (unpaired) electrons. The van der Waals surface area contributed by atoms with Crippen molar-refractivity contribution in [3.8, 4) is 0 Å². The molecule has 22 heavy (non-hydrogen) atoms. The van der Waals surface area contributed by atoms with Gasteiger partial charge in [-0.1, -0.05) is 38.8 Å². The van der Waals surface area contributed by atoms with Gasteiger partial charge in [0.05, 0.1) is 0 Å². The van der Waals surface area contributed by atoms with E-state index in [2.05, 4.69) is 30.9 Å². The molecule has 2 rings (SSSR count). The number of rotatable bonds is 8. The molecule has 0 amide bonds. The smallest absolute Gasteiger partial charge is 0.336 e. The minimum absolute atomic E-state index is 0.251. The van der Waals surface area contributed by atoms with E-state index < -0.39 is 0 Å². The standard InChI is InChI=1S/C19H27NO2/c1-4-6-10-20(11-7-5-2)14-16-13-19(21)22-18-12-15(3)8-9-17(16)18/h8-9,12-13H,4-7,10-11,14H2,1-3H3. The maximum Gasteiger partial charge on any atom is 0.336 e. The van der Waals surface area contributed by atoms with Gasteiger partial charge in [0.1, 0.15) is 5.58 Å². The number of aryl methyl sites for hydroxylation is 1. The van der Waals surface area contributed by atoms with E-state index in [1.807, 2.05) is 13.0 Å². The normalized spacial score (nSPS) is 11.5. The molecule has 0 fully saturated rings. The fourth-order valence-electron chi connectivity index (χ4n) is 2.74. The second kappa shape index (κ2) is 8.14. The van der Waals surface area contributed by atoms with Crippen LogP contribution in [-0.4, -0.2) is 18.0 Å². The summed E-state index contributed by atoms with van der Waals surface area (Å²) in [5.74, 6) is 0. The zero-order valence-corrected chi connectivity index (χ0v) is 14.0. The van der Waals surface area contributed by atoms with Crippen molar-refractivity contribution in [2.75, 3.05) is 13.1 Å². The average Bonchev–Trinajstić information content (AvgIpc) is 2.49. The summed E-state index contributed by atoms with van der Waals surface area (Å²) in [7, 11) is 0. The van der Waals surface area contributed by atoms with E-state index in [-0.39, 0.29) is 5.63 Å². The Morgan fingerprint density at radius 2 is 1.73 bits per heavy atom. The van der Waals surface area contributed by atoms with Gasteiger partial charge in [-0.15, -0.1) is 0 Å². The van der Waals surface area contributed by atoms with Gasteiger partial charge >= 0.3 is 5.63 Å². The second-order valence-electron chi connectivity index (χ2n) is 6.07. The molecule has 0 saturated carbocycles. The van der Waals surface area contributed by atoms with E-state index in [0.29, 0.717) is 5.58 Å². The molecule has 0 aliphatic rings. The minimum atomic E-state index is -0.251. The monoisotopic (exact) mass is 301 g/mol. The summed E-state index contributed by atoms with van der Waals surface area (Å²) in [5.41, 5.74) is 2.65. The van der Waals surface area contributed by atoms with Crippen molar-refractivity contribution in [3.63, 3.8) is 0 Å². The lowest BCUT2D eigenvalue weighted by molar-refractivity contribution is 0.257. The molecule has 3 nitrogen and oxygen atoms in total. The molecule has 1 aromatic carbocycles. The van der Waals surface area contributed by atoms with Crippen LogP contribution >= 0.6 is 0 Å². The van der Waals surface area contributed by atoms with Crippen LogP contribution in [0.15, 0.2) is 33.5 Å². The topological polar surface area (TPSA) is 33.5 Å². The molecule has 0 bridgehead atoms. The number of unbranched alkanes of at least 4 members (excludes halogenated alkanes) is 2. The molecule has 0 aliphatic heterocycles. The first-order valence-corrected chi connectivity index (χ1v) is 8.39. The highest BCUT2D eigenvalue weighted by Crippen LogP contribution is 2.20. The average molecular weight is 301 g/mol. The van der Waals surface area contributed by atoms with Gasteiger partial charge < -0.3 is 4.42 Å². The molecule has 0 atom stereocenters. The van der Waals surface area contributed by atoms with Crippen molar-refractivity contribution in [3.05, 3.63) is 45.8 Å². The van der Waals surface area contributed by atoms with Crippen molar-refractivity contribution in [2.24, 2.45) is 0 Å². The van der Waals surface area contributed by atoms with Crippen LogP contribution in [0.25, 0.3) is 11.0 Å². The lowest BCUT2D eigenvalue weighted by Gasteiger charge is -2.22. The Balaban J connectivity index is 2.29. The molecule has 3 heteroatoms. The van der Waals surface area contributed by atoms with Crippen LogP contribution in [0.5, 0.6) is 0 Å². The molecular formula is C19H27NO2. The lowest BCUT2D eigenvalue weighted by atomic mass is 10.1. The Morgan fingerprint density at radius 3 is 2.36 bits per heavy atom. The van der Waals surface area contributed by atoms with Gasteiger partial charge in [0.2, 0.25) is 0 Å². The molecule has 1 aromatic heterocycles. The summed E-state index contributed by atoms with van der Waals surface area (Å²) in [6.45, 7) is 9.45. The van der Waals surface area contributed by atoms with Crippen LogP contribution in [0.2, 0.25) is 0 Å². The summed E-state index contributed by atoms with van der Waals surface area (Å²) in [6, 6.07) is 7.75. The SMILES string of the molecule is CCCCN(CCCC)Cc1cc(=O)oc2cc(C)ccc12. The molecule has 0 spiro atoms. The van der Waals surface area contributed by atoms with Gasteiger partial charge in [0.15, 0.2) is 0 Å². The van der Waals surface area contributed by atoms with Crippen molar-refractivity contribution in [1.29, 1.82) is 0 Å². The second-order valence-corrected chi connectivity index (χ2v) is 6.07. The zero-order valence-electron chi connectivity index (χ0n) is 14.0. The summed E-state index contributed by atoms with van der Waals surface area (Å²) in [4.78, 5) is 14.3. The largest absolute Gasteiger partial charge is 0.423 e. The van der Waals surface area contributed by atoms with Crippen LogP contribution in [0, 0.1) is 6.92 Å². The predicted molar refractivity (Wildman–Crippen MR) is 92.3 cm³/mol. The van der Waals surface area contributed by atoms with E-state index in [9.17, 15) is 4.79 Å². The number of hydrogen-bond acceptors (Lipinski definition) is 3. The van der Waals surface area contributed by atoms with Gasteiger partial charge in [-0.2, -0.15) is 0 Å². The first-order valence-electron chi connectivity index (χ1n) is 8.39. The summed E-state index contributed by atoms with van der Waals surface area (Å²) >= 11 is 0. The number of hydrogen-bond donors (Lipinski definition) is 0. The van der Waals surface area contributed by atoms with Gasteiger partial charge in [0, 0.05) is 18.0 Å². The van der Waals surface area contributed by atoms with Crippen molar-refractivity contribution < 1.29 is 4.42 Å². The van der Waals surface area contributed by atoms with Crippen LogP contribution in [-0.2, 0) is 6.54 Å². The van der Waals surface area contributed by atoms with Gasteiger partial charge in [0.25, 0.3) is 0 Å². The van der Waals surface area contributed by atoms with Crippen LogP contribution in [0.3, 0.4) is 0 Å². The molecule has 0 saturated heterocycles. The molecule has 120 valence electrons. The van der Waals surface area contributed by atoms with Gasteiger partial charge in [-0.25, -0.2) is 4.79 Å². The van der Waals surface area contributed by atoms with Crippen molar-refractivity contribution in [1.82, 2.24) is 4.90 Å². The highest BCUT2D eigenvalue weighted by atomic mass is 16.4. The first kappa shape index (κ1) is 16.8. The maximum absolute atomic E-state index is 11.8. The predicted octanol–water partition coefficient (Wildman–Crippen LogP) is 4.50. The van der Waals surface area contributed by atoms with Crippen LogP contribution in [0.1, 0.15) is 50.7 Å². The van der Waals surface area contributed by atoms with Crippen LogP contribution < -0.4 is 5.63 Å². The number of fused-ring (bicyclic) bond motifs is 1. The Kier molecular flexibility index (Phi) is 6.20. The molecule has 0 N–H and O–H groups in total. The quantitative estimate of drug-likeness (QED) is 0.673. The Morgan fingerprint density at radius 1 is 1.05 bits per heavy atom. The van der Waals surface area contributed by atoms with Gasteiger partial charge in [-0.3, -0.25) is 4.90 Å². The van der Waals surface area contributed by atoms with E-state index in [0.717, 1.165) is 36.1 Å². The fourth-order valence-corrected chi connectivity index (χ4v) is 2.74. The third-order valence-electron chi connectivity index (χ3n) is 4.04. The Bertz CT molecular complexity index is 652. The Hall–Kier alpha value is -1.61. The third kappa shape index (κ3) is 4.44. The molecule has 0 aliphatic carbocycles. The summed E-state index contributed by atoms with van der Waals surface area (Å²) in [6.07, 6.45) is 4.78. The number of benzene rings is 1. The van der Waals surface area contributed by atoms with E-state index in [1.54, 1.807) is 6.07 Å². The highest BCUT2D eigenvalue weighted by Gasteiger charge is 2.10. The van der Waals surface area contributed by atoms with E-state index in [4.69, 9.17) is 4.42 Å². The lowest BCUT2D eigenvalue weighted by Crippen LogP contribution is -2.26. The number of nitrogens with zero attached hydrogens (tertiary/aromatic N) is 1. The van der Waals surface area contributed by atoms with E-state index in [1.165, 1.54) is 25.7 Å². The third-order valence-corrected chi connectivity index (χ3v) is 4.04. The molecule has 2 aromatic rings. The first-order chi connectivity index (χ1) is 10.6. The summed E-state index contributed by atoms with van der Waals surface area (Å²) in [5, 5.41) is 1.06. The summed E-state index contributed by atoms with van der Waals surface area (Å²) < 4.78 is 5.35. The zero-order chi connectivity index (χ0) is 15.9. The molecular weight excluding hydrogens is 274 g/mol. The van der Waals surface area contributed by atoms with Crippen LogP contribution in [0.4, 0.5) is 0 Å². The molecule has 0 unspecified atom stereocenters. The van der Waals surface area contributed by atoms with Crippen molar-refractivity contribution in [2.45, 2.75) is 53.0 Å². The maximum atomic E-state index is 11.8. The molecule has 1 heterocycles. The van der Waals surface area contributed by atoms with Crippen molar-refractivity contribution >= 4 is 11.0 Å². The van der Waals surface area contributed by atoms with E-state index >= 15 is 0 Å². The fraction of sp³-hybridized carbons (Fsp3) is 0.526. The minimum Gasteiger partial charge on any atom is -0.423 e. The van der Waals surface area contributed by atoms with Gasteiger partial charge in [-0.05, 0) is 50.0 Å². The highest BCUT2D eigenvalue weighted by molar-refractivity contribution is 5.80.